The molecule has 1 saturated heterocycles. The van der Waals surface area contributed by atoms with Crippen molar-refractivity contribution in [1.29, 1.82) is 0 Å². The van der Waals surface area contributed by atoms with Gasteiger partial charge in [0.1, 0.15) is 0 Å². The molecule has 0 aromatic heterocycles. The number of carbonyl (C=O) groups is 1. The van der Waals surface area contributed by atoms with Gasteiger partial charge in [0.25, 0.3) is 0 Å². The molecule has 2 rings (SSSR count). The molecular formula is C12H10F3N3OS2. The smallest absolute Gasteiger partial charge is 0.303 e. The Labute approximate surface area is 127 Å². The lowest BCUT2D eigenvalue weighted by atomic mass is 10.1. The number of hydrogen-bond donors (Lipinski definition) is 1. The molecule has 1 aromatic rings. The zero-order valence-corrected chi connectivity index (χ0v) is 12.4. The molecule has 9 heteroatoms. The molecular weight excluding hydrogens is 323 g/mol. The minimum absolute atomic E-state index is 0.0704. The molecule has 1 aliphatic rings. The fourth-order valence-corrected chi connectivity index (χ4v) is 2.61. The van der Waals surface area contributed by atoms with Gasteiger partial charge in [0.05, 0.1) is 17.5 Å². The molecule has 1 aliphatic heterocycles. The lowest BCUT2D eigenvalue weighted by Gasteiger charge is -2.11. The van der Waals surface area contributed by atoms with E-state index in [1.54, 1.807) is 12.3 Å². The second-order valence-corrected chi connectivity index (χ2v) is 5.78. The SMILES string of the molecule is CSc1ccc(C=NN=C2NC(=O)CS2)c(C(F)(F)F)c1. The number of thioether (sulfide) groups is 2. The largest absolute Gasteiger partial charge is 0.417 e. The quantitative estimate of drug-likeness (QED) is 0.526. The van der Waals surface area contributed by atoms with E-state index in [4.69, 9.17) is 0 Å². The lowest BCUT2D eigenvalue weighted by Crippen LogP contribution is -2.19. The zero-order valence-electron chi connectivity index (χ0n) is 10.8. The molecule has 1 amide bonds. The standard InChI is InChI=1S/C12H10F3N3OS2/c1-20-8-3-2-7(9(4-8)12(13,14)15)5-16-18-11-17-10(19)6-21-11/h2-5H,6H2,1H3,(H,17,18,19). The Morgan fingerprint density at radius 1 is 1.43 bits per heavy atom. The molecule has 21 heavy (non-hydrogen) atoms. The Morgan fingerprint density at radius 3 is 2.76 bits per heavy atom. The van der Waals surface area contributed by atoms with Crippen LogP contribution in [0.25, 0.3) is 0 Å². The molecule has 0 aliphatic carbocycles. The third-order valence-electron chi connectivity index (χ3n) is 2.50. The Morgan fingerprint density at radius 2 is 2.19 bits per heavy atom. The molecule has 1 fully saturated rings. The first-order valence-electron chi connectivity index (χ1n) is 5.69. The van der Waals surface area contributed by atoms with Crippen LogP contribution in [0.3, 0.4) is 0 Å². The van der Waals surface area contributed by atoms with E-state index in [1.165, 1.54) is 17.8 Å². The maximum atomic E-state index is 13.0. The second kappa shape index (κ2) is 6.52. The van der Waals surface area contributed by atoms with E-state index in [2.05, 4.69) is 15.5 Å². The maximum Gasteiger partial charge on any atom is 0.417 e. The van der Waals surface area contributed by atoms with Crippen LogP contribution in [0.2, 0.25) is 0 Å². The predicted molar refractivity (Wildman–Crippen MR) is 78.9 cm³/mol. The number of rotatable bonds is 3. The number of halogens is 3. The monoisotopic (exact) mass is 333 g/mol. The number of hydrogen-bond acceptors (Lipinski definition) is 5. The molecule has 0 radical (unpaired) electrons. The molecule has 0 bridgehead atoms. The van der Waals surface area contributed by atoms with Gasteiger partial charge >= 0.3 is 6.18 Å². The number of benzene rings is 1. The second-order valence-electron chi connectivity index (χ2n) is 3.94. The summed E-state index contributed by atoms with van der Waals surface area (Å²) < 4.78 is 38.9. The highest BCUT2D eigenvalue weighted by Gasteiger charge is 2.33. The number of nitrogens with one attached hydrogen (secondary N) is 1. The Bertz CT molecular complexity index is 614. The van der Waals surface area contributed by atoms with Gasteiger partial charge < -0.3 is 5.32 Å². The molecule has 0 unspecified atom stereocenters. The Hall–Kier alpha value is -1.48. The highest BCUT2D eigenvalue weighted by Crippen LogP contribution is 2.33. The Kier molecular flexibility index (Phi) is 4.94. The minimum atomic E-state index is -4.46. The third kappa shape index (κ3) is 4.24. The minimum Gasteiger partial charge on any atom is -0.303 e. The van der Waals surface area contributed by atoms with Gasteiger partial charge in [0.15, 0.2) is 5.17 Å². The van der Waals surface area contributed by atoms with Crippen molar-refractivity contribution >= 4 is 40.8 Å². The first-order chi connectivity index (χ1) is 9.90. The van der Waals surface area contributed by atoms with Crippen LogP contribution in [0.5, 0.6) is 0 Å². The summed E-state index contributed by atoms with van der Waals surface area (Å²) in [6.45, 7) is 0. The normalized spacial score (nSPS) is 17.7. The summed E-state index contributed by atoms with van der Waals surface area (Å²) in [5, 5.41) is 10.0. The van der Waals surface area contributed by atoms with Crippen LogP contribution in [0.15, 0.2) is 33.3 Å². The van der Waals surface area contributed by atoms with Gasteiger partial charge in [-0.15, -0.1) is 16.9 Å². The van der Waals surface area contributed by atoms with E-state index >= 15 is 0 Å². The molecule has 1 aromatic carbocycles. The van der Waals surface area contributed by atoms with Crippen molar-refractivity contribution < 1.29 is 18.0 Å². The van der Waals surface area contributed by atoms with Crippen LogP contribution in [0.4, 0.5) is 13.2 Å². The van der Waals surface area contributed by atoms with Crippen LogP contribution < -0.4 is 5.32 Å². The molecule has 4 nitrogen and oxygen atoms in total. The van der Waals surface area contributed by atoms with Gasteiger partial charge in [-0.1, -0.05) is 17.8 Å². The van der Waals surface area contributed by atoms with Gasteiger partial charge in [-0.3, -0.25) is 4.79 Å². The number of carbonyl (C=O) groups excluding carboxylic acids is 1. The first kappa shape index (κ1) is 15.9. The van der Waals surface area contributed by atoms with Crippen LogP contribution >= 0.6 is 23.5 Å². The Balaban J connectivity index is 2.25. The summed E-state index contributed by atoms with van der Waals surface area (Å²) in [5.41, 5.74) is -0.833. The van der Waals surface area contributed by atoms with E-state index in [-0.39, 0.29) is 22.4 Å². The number of amides is 1. The molecule has 112 valence electrons. The molecule has 0 spiro atoms. The van der Waals surface area contributed by atoms with Crippen LogP contribution in [-0.4, -0.2) is 29.3 Å². The number of amidine groups is 1. The van der Waals surface area contributed by atoms with Gasteiger partial charge in [0, 0.05) is 10.5 Å². The van der Waals surface area contributed by atoms with Crippen molar-refractivity contribution in [2.45, 2.75) is 11.1 Å². The van der Waals surface area contributed by atoms with Crippen molar-refractivity contribution in [3.63, 3.8) is 0 Å². The summed E-state index contributed by atoms with van der Waals surface area (Å²) in [6.07, 6.45) is -1.73. The number of alkyl halides is 3. The zero-order chi connectivity index (χ0) is 15.5. The lowest BCUT2D eigenvalue weighted by molar-refractivity contribution is -0.137. The topological polar surface area (TPSA) is 53.8 Å². The average molecular weight is 333 g/mol. The van der Waals surface area contributed by atoms with Crippen LogP contribution in [-0.2, 0) is 11.0 Å². The highest BCUT2D eigenvalue weighted by molar-refractivity contribution is 8.15. The summed E-state index contributed by atoms with van der Waals surface area (Å²) >= 11 is 2.38. The molecule has 0 atom stereocenters. The average Bonchev–Trinajstić information content (AvgIpc) is 2.83. The first-order valence-corrected chi connectivity index (χ1v) is 7.90. The van der Waals surface area contributed by atoms with Gasteiger partial charge in [-0.25, -0.2) is 0 Å². The summed E-state index contributed by atoms with van der Waals surface area (Å²) in [5.74, 6) is 0.0409. The molecule has 1 N–H and O–H groups in total. The predicted octanol–water partition coefficient (Wildman–Crippen LogP) is 2.98. The van der Waals surface area contributed by atoms with Crippen molar-refractivity contribution in [3.8, 4) is 0 Å². The fraction of sp³-hybridized carbons (Fsp3) is 0.250. The third-order valence-corrected chi connectivity index (χ3v) is 4.09. The van der Waals surface area contributed by atoms with Crippen LogP contribution in [0.1, 0.15) is 11.1 Å². The van der Waals surface area contributed by atoms with Crippen molar-refractivity contribution in [2.24, 2.45) is 10.2 Å². The van der Waals surface area contributed by atoms with Crippen molar-refractivity contribution in [2.75, 3.05) is 12.0 Å². The van der Waals surface area contributed by atoms with Gasteiger partial charge in [-0.2, -0.15) is 18.3 Å². The van der Waals surface area contributed by atoms with Crippen molar-refractivity contribution in [3.05, 3.63) is 29.3 Å². The van der Waals surface area contributed by atoms with Crippen molar-refractivity contribution in [1.82, 2.24) is 5.32 Å². The highest BCUT2D eigenvalue weighted by atomic mass is 32.2. The fourth-order valence-electron chi connectivity index (χ4n) is 1.54. The van der Waals surface area contributed by atoms with Crippen LogP contribution in [0, 0.1) is 0 Å². The van der Waals surface area contributed by atoms with E-state index in [0.29, 0.717) is 4.90 Å². The summed E-state index contributed by atoms with van der Waals surface area (Å²) in [4.78, 5) is 11.4. The molecule has 1 heterocycles. The summed E-state index contributed by atoms with van der Waals surface area (Å²) in [7, 11) is 0. The number of nitrogens with zero attached hydrogens (tertiary/aromatic N) is 2. The van der Waals surface area contributed by atoms with E-state index in [1.807, 2.05) is 0 Å². The van der Waals surface area contributed by atoms with Gasteiger partial charge in [-0.05, 0) is 18.4 Å². The van der Waals surface area contributed by atoms with E-state index in [9.17, 15) is 18.0 Å². The molecule has 0 saturated carbocycles. The van der Waals surface area contributed by atoms with Gasteiger partial charge in [0.2, 0.25) is 5.91 Å². The van der Waals surface area contributed by atoms with E-state index < -0.39 is 11.7 Å². The van der Waals surface area contributed by atoms with E-state index in [0.717, 1.165) is 24.0 Å². The maximum absolute atomic E-state index is 13.0. The summed E-state index contributed by atoms with van der Waals surface area (Å²) in [6, 6.07) is 4.00.